The summed E-state index contributed by atoms with van der Waals surface area (Å²) in [7, 11) is 0. The molecule has 0 atom stereocenters. The lowest BCUT2D eigenvalue weighted by atomic mass is 10.2. The van der Waals surface area contributed by atoms with Gasteiger partial charge < -0.3 is 9.30 Å². The number of benzene rings is 1. The van der Waals surface area contributed by atoms with Crippen LogP contribution in [0.2, 0.25) is 0 Å². The highest BCUT2D eigenvalue weighted by Gasteiger charge is 2.04. The van der Waals surface area contributed by atoms with Crippen LogP contribution >= 0.6 is 0 Å². The molecular formula is C14H19N3O2. The fraction of sp³-hybridized carbons (Fsp3) is 0.357. The van der Waals surface area contributed by atoms with Crippen molar-refractivity contribution in [3.63, 3.8) is 0 Å². The summed E-state index contributed by atoms with van der Waals surface area (Å²) in [6, 6.07) is 8.10. The van der Waals surface area contributed by atoms with Crippen molar-refractivity contribution in [1.82, 2.24) is 9.99 Å². The number of rotatable bonds is 6. The van der Waals surface area contributed by atoms with Gasteiger partial charge in [0.2, 0.25) is 5.91 Å². The van der Waals surface area contributed by atoms with E-state index in [0.717, 1.165) is 29.6 Å². The number of fused-ring (bicyclic) bond motifs is 1. The molecule has 0 aliphatic heterocycles. The van der Waals surface area contributed by atoms with Crippen molar-refractivity contribution in [2.75, 3.05) is 6.61 Å². The molecule has 0 radical (unpaired) electrons. The van der Waals surface area contributed by atoms with E-state index in [4.69, 9.17) is 10.6 Å². The van der Waals surface area contributed by atoms with Gasteiger partial charge in [-0.1, -0.05) is 0 Å². The molecule has 2 aromatic rings. The zero-order valence-corrected chi connectivity index (χ0v) is 11.1. The molecular weight excluding hydrogens is 242 g/mol. The molecule has 0 unspecified atom stereocenters. The highest BCUT2D eigenvalue weighted by Crippen LogP contribution is 2.22. The van der Waals surface area contributed by atoms with E-state index < -0.39 is 0 Å². The SMILES string of the molecule is CCOc1ccc2c(ccn2CCCC(=O)NN)c1. The Morgan fingerprint density at radius 1 is 1.42 bits per heavy atom. The van der Waals surface area contributed by atoms with E-state index in [1.807, 2.05) is 31.3 Å². The van der Waals surface area contributed by atoms with E-state index in [1.54, 1.807) is 0 Å². The Kier molecular flexibility index (Phi) is 4.41. The van der Waals surface area contributed by atoms with Crippen LogP contribution in [-0.2, 0) is 11.3 Å². The second-order valence-corrected chi connectivity index (χ2v) is 4.33. The van der Waals surface area contributed by atoms with Crippen LogP contribution < -0.4 is 16.0 Å². The maximum absolute atomic E-state index is 11.1. The first-order valence-electron chi connectivity index (χ1n) is 6.45. The van der Waals surface area contributed by atoms with E-state index >= 15 is 0 Å². The van der Waals surface area contributed by atoms with Gasteiger partial charge in [-0.2, -0.15) is 0 Å². The number of carbonyl (C=O) groups is 1. The van der Waals surface area contributed by atoms with Crippen LogP contribution in [0.3, 0.4) is 0 Å². The van der Waals surface area contributed by atoms with Gasteiger partial charge in [-0.25, -0.2) is 5.84 Å². The maximum atomic E-state index is 11.1. The van der Waals surface area contributed by atoms with Gasteiger partial charge in [0.25, 0.3) is 0 Å². The van der Waals surface area contributed by atoms with Crippen molar-refractivity contribution < 1.29 is 9.53 Å². The molecule has 0 bridgehead atoms. The van der Waals surface area contributed by atoms with Gasteiger partial charge in [0, 0.05) is 30.1 Å². The standard InChI is InChI=1S/C14H19N3O2/c1-2-19-12-5-6-13-11(10-12)7-9-17(13)8-3-4-14(18)16-15/h5-7,9-10H,2-4,8,15H2,1H3,(H,16,18). The number of carbonyl (C=O) groups excluding carboxylic acids is 1. The van der Waals surface area contributed by atoms with E-state index in [1.165, 1.54) is 0 Å². The predicted octanol–water partition coefficient (Wildman–Crippen LogP) is 1.81. The van der Waals surface area contributed by atoms with E-state index in [-0.39, 0.29) is 5.91 Å². The number of nitrogens with zero attached hydrogens (tertiary/aromatic N) is 1. The first-order chi connectivity index (χ1) is 9.24. The number of amides is 1. The summed E-state index contributed by atoms with van der Waals surface area (Å²) in [6.45, 7) is 3.43. The monoisotopic (exact) mass is 261 g/mol. The molecule has 0 saturated heterocycles. The summed E-state index contributed by atoms with van der Waals surface area (Å²) < 4.78 is 7.61. The van der Waals surface area contributed by atoms with Crippen molar-refractivity contribution in [2.45, 2.75) is 26.3 Å². The Morgan fingerprint density at radius 2 is 2.26 bits per heavy atom. The lowest BCUT2D eigenvalue weighted by molar-refractivity contribution is -0.121. The van der Waals surface area contributed by atoms with Crippen LogP contribution in [0.1, 0.15) is 19.8 Å². The van der Waals surface area contributed by atoms with Crippen molar-refractivity contribution >= 4 is 16.8 Å². The Morgan fingerprint density at radius 3 is 3.00 bits per heavy atom. The van der Waals surface area contributed by atoms with Crippen LogP contribution in [0.5, 0.6) is 5.75 Å². The second kappa shape index (κ2) is 6.24. The topological polar surface area (TPSA) is 69.3 Å². The summed E-state index contributed by atoms with van der Waals surface area (Å²) in [5, 5.41) is 1.15. The quantitative estimate of drug-likeness (QED) is 0.473. The minimum absolute atomic E-state index is 0.130. The molecule has 0 fully saturated rings. The number of nitrogens with one attached hydrogen (secondary N) is 1. The fourth-order valence-electron chi connectivity index (χ4n) is 2.11. The number of hydrogen-bond donors (Lipinski definition) is 2. The van der Waals surface area contributed by atoms with Gasteiger partial charge in [-0.05, 0) is 37.6 Å². The Hall–Kier alpha value is -2.01. The second-order valence-electron chi connectivity index (χ2n) is 4.33. The van der Waals surface area contributed by atoms with Gasteiger partial charge in [0.05, 0.1) is 6.61 Å². The third-order valence-electron chi connectivity index (χ3n) is 3.02. The van der Waals surface area contributed by atoms with Crippen LogP contribution in [0.15, 0.2) is 30.5 Å². The molecule has 0 saturated carbocycles. The molecule has 102 valence electrons. The molecule has 1 heterocycles. The molecule has 1 amide bonds. The Bertz CT molecular complexity index is 563. The lowest BCUT2D eigenvalue weighted by Gasteiger charge is -2.06. The van der Waals surface area contributed by atoms with E-state index in [0.29, 0.717) is 13.0 Å². The van der Waals surface area contributed by atoms with Crippen molar-refractivity contribution in [1.29, 1.82) is 0 Å². The lowest BCUT2D eigenvalue weighted by Crippen LogP contribution is -2.29. The molecule has 5 nitrogen and oxygen atoms in total. The number of ether oxygens (including phenoxy) is 1. The van der Waals surface area contributed by atoms with Crippen LogP contribution in [0, 0.1) is 0 Å². The summed E-state index contributed by atoms with van der Waals surface area (Å²) in [5.41, 5.74) is 3.29. The van der Waals surface area contributed by atoms with Crippen molar-refractivity contribution in [2.24, 2.45) is 5.84 Å². The van der Waals surface area contributed by atoms with Crippen molar-refractivity contribution in [3.8, 4) is 5.75 Å². The van der Waals surface area contributed by atoms with Crippen LogP contribution in [0.4, 0.5) is 0 Å². The van der Waals surface area contributed by atoms with Crippen molar-refractivity contribution in [3.05, 3.63) is 30.5 Å². The maximum Gasteiger partial charge on any atom is 0.233 e. The number of nitrogens with two attached hydrogens (primary N) is 1. The van der Waals surface area contributed by atoms with E-state index in [2.05, 4.69) is 16.1 Å². The number of aryl methyl sites for hydroxylation is 1. The summed E-state index contributed by atoms with van der Waals surface area (Å²) in [4.78, 5) is 11.1. The smallest absolute Gasteiger partial charge is 0.233 e. The van der Waals surface area contributed by atoms with Gasteiger partial charge in [0.1, 0.15) is 5.75 Å². The molecule has 0 aliphatic rings. The predicted molar refractivity (Wildman–Crippen MR) is 74.7 cm³/mol. The highest BCUT2D eigenvalue weighted by atomic mass is 16.5. The summed E-state index contributed by atoms with van der Waals surface area (Å²) >= 11 is 0. The average Bonchev–Trinajstić information content (AvgIpc) is 2.81. The number of hydrogen-bond acceptors (Lipinski definition) is 3. The minimum atomic E-state index is -0.130. The third kappa shape index (κ3) is 3.26. The highest BCUT2D eigenvalue weighted by molar-refractivity contribution is 5.81. The van der Waals surface area contributed by atoms with Gasteiger partial charge in [0.15, 0.2) is 0 Å². The molecule has 0 spiro atoms. The molecule has 3 N–H and O–H groups in total. The van der Waals surface area contributed by atoms with Gasteiger partial charge in [-0.3, -0.25) is 10.2 Å². The number of aromatic nitrogens is 1. The Labute approximate surface area is 112 Å². The molecule has 5 heteroatoms. The molecule has 1 aromatic heterocycles. The van der Waals surface area contributed by atoms with Gasteiger partial charge >= 0.3 is 0 Å². The summed E-state index contributed by atoms with van der Waals surface area (Å²) in [5.74, 6) is 5.80. The number of hydrazine groups is 1. The van der Waals surface area contributed by atoms with Gasteiger partial charge in [-0.15, -0.1) is 0 Å². The normalized spacial score (nSPS) is 10.6. The molecule has 2 rings (SSSR count). The van der Waals surface area contributed by atoms with E-state index in [9.17, 15) is 4.79 Å². The third-order valence-corrected chi connectivity index (χ3v) is 3.02. The first kappa shape index (κ1) is 13.4. The molecule has 0 aliphatic carbocycles. The fourth-order valence-corrected chi connectivity index (χ4v) is 2.11. The average molecular weight is 261 g/mol. The zero-order valence-electron chi connectivity index (χ0n) is 11.1. The Balaban J connectivity index is 2.06. The largest absolute Gasteiger partial charge is 0.494 e. The first-order valence-corrected chi connectivity index (χ1v) is 6.45. The van der Waals surface area contributed by atoms with Crippen LogP contribution in [-0.4, -0.2) is 17.1 Å². The summed E-state index contributed by atoms with van der Waals surface area (Å²) in [6.07, 6.45) is 3.23. The minimum Gasteiger partial charge on any atom is -0.494 e. The molecule has 19 heavy (non-hydrogen) atoms. The zero-order chi connectivity index (χ0) is 13.7. The van der Waals surface area contributed by atoms with Crippen LogP contribution in [0.25, 0.3) is 10.9 Å². The molecule has 1 aromatic carbocycles.